The van der Waals surface area contributed by atoms with Crippen LogP contribution in [0.5, 0.6) is 0 Å². The standard InChI is InChI=1S/C12H14N4O.C8H19N/c1-9(11-13-5-3-6-14-11)17-10(2)12-15-7-4-8-16-12;1-2-3-4-5-6-7-8-9/h3-10H,1-2H3;2-9H2,1H3. The van der Waals surface area contributed by atoms with Crippen LogP contribution in [-0.2, 0) is 4.74 Å². The smallest absolute Gasteiger partial charge is 0.156 e. The molecule has 6 heteroatoms. The lowest BCUT2D eigenvalue weighted by Gasteiger charge is -2.16. The Balaban J connectivity index is 0.000000321. The number of nitrogens with zero attached hydrogens (tertiary/aromatic N) is 4. The van der Waals surface area contributed by atoms with E-state index >= 15 is 0 Å². The molecule has 0 aliphatic carbocycles. The van der Waals surface area contributed by atoms with Crippen molar-refractivity contribution in [2.24, 2.45) is 5.73 Å². The summed E-state index contributed by atoms with van der Waals surface area (Å²) in [6.07, 6.45) is 14.5. The van der Waals surface area contributed by atoms with Gasteiger partial charge in [-0.05, 0) is 38.9 Å². The van der Waals surface area contributed by atoms with Crippen LogP contribution in [0.15, 0.2) is 36.9 Å². The van der Waals surface area contributed by atoms with Crippen LogP contribution in [0.2, 0.25) is 0 Å². The fraction of sp³-hybridized carbons (Fsp3) is 0.600. The lowest BCUT2D eigenvalue weighted by Crippen LogP contribution is -2.10. The molecule has 0 radical (unpaired) electrons. The molecule has 0 saturated heterocycles. The zero-order valence-electron chi connectivity index (χ0n) is 16.3. The van der Waals surface area contributed by atoms with Gasteiger partial charge in [-0.2, -0.15) is 0 Å². The van der Waals surface area contributed by atoms with E-state index in [2.05, 4.69) is 26.9 Å². The molecule has 0 spiro atoms. The van der Waals surface area contributed by atoms with Gasteiger partial charge >= 0.3 is 0 Å². The van der Waals surface area contributed by atoms with Crippen molar-refractivity contribution in [3.05, 3.63) is 48.6 Å². The average Bonchev–Trinajstić information content (AvgIpc) is 2.70. The van der Waals surface area contributed by atoms with Crippen molar-refractivity contribution in [1.82, 2.24) is 19.9 Å². The Bertz CT molecular complexity index is 503. The highest BCUT2D eigenvalue weighted by Gasteiger charge is 2.15. The third-order valence-electron chi connectivity index (χ3n) is 3.86. The molecule has 0 amide bonds. The minimum Gasteiger partial charge on any atom is -0.360 e. The number of hydrogen-bond acceptors (Lipinski definition) is 6. The largest absolute Gasteiger partial charge is 0.360 e. The number of nitrogens with two attached hydrogens (primary N) is 1. The molecule has 2 rings (SSSR count). The summed E-state index contributed by atoms with van der Waals surface area (Å²) in [6.45, 7) is 6.93. The van der Waals surface area contributed by atoms with Gasteiger partial charge in [-0.1, -0.05) is 39.0 Å². The van der Waals surface area contributed by atoms with Crippen LogP contribution in [0.4, 0.5) is 0 Å². The van der Waals surface area contributed by atoms with E-state index in [-0.39, 0.29) is 12.2 Å². The van der Waals surface area contributed by atoms with Gasteiger partial charge in [0.25, 0.3) is 0 Å². The first kappa shape index (κ1) is 22.1. The molecular weight excluding hydrogens is 326 g/mol. The molecule has 6 nitrogen and oxygen atoms in total. The van der Waals surface area contributed by atoms with Gasteiger partial charge in [0, 0.05) is 24.8 Å². The Morgan fingerprint density at radius 2 is 1.19 bits per heavy atom. The Hall–Kier alpha value is -1.92. The molecule has 2 atom stereocenters. The Labute approximate surface area is 157 Å². The van der Waals surface area contributed by atoms with Crippen LogP contribution in [-0.4, -0.2) is 26.5 Å². The minimum atomic E-state index is -0.185. The maximum Gasteiger partial charge on any atom is 0.156 e. The topological polar surface area (TPSA) is 86.8 Å². The highest BCUT2D eigenvalue weighted by atomic mass is 16.5. The summed E-state index contributed by atoms with van der Waals surface area (Å²) in [6, 6.07) is 3.56. The molecule has 2 heterocycles. The first-order valence-electron chi connectivity index (χ1n) is 9.58. The van der Waals surface area contributed by atoms with Gasteiger partial charge in [-0.3, -0.25) is 0 Å². The highest BCUT2D eigenvalue weighted by molar-refractivity contribution is 4.95. The third-order valence-corrected chi connectivity index (χ3v) is 3.86. The summed E-state index contributed by atoms with van der Waals surface area (Å²) in [7, 11) is 0. The van der Waals surface area contributed by atoms with E-state index in [1.807, 2.05) is 13.8 Å². The zero-order valence-corrected chi connectivity index (χ0v) is 16.3. The van der Waals surface area contributed by atoms with Crippen LogP contribution < -0.4 is 5.73 Å². The van der Waals surface area contributed by atoms with Gasteiger partial charge in [0.05, 0.1) is 0 Å². The molecule has 0 aliphatic rings. The molecular formula is C20H33N5O. The monoisotopic (exact) mass is 359 g/mol. The van der Waals surface area contributed by atoms with Crippen LogP contribution >= 0.6 is 0 Å². The maximum atomic E-state index is 5.77. The fourth-order valence-electron chi connectivity index (χ4n) is 2.39. The zero-order chi connectivity index (χ0) is 19.0. The summed E-state index contributed by atoms with van der Waals surface area (Å²) in [5.74, 6) is 1.32. The summed E-state index contributed by atoms with van der Waals surface area (Å²) in [5.41, 5.74) is 5.34. The minimum absolute atomic E-state index is 0.185. The van der Waals surface area contributed by atoms with Crippen LogP contribution in [0.1, 0.15) is 83.2 Å². The van der Waals surface area contributed by atoms with Crippen LogP contribution in [0.25, 0.3) is 0 Å². The van der Waals surface area contributed by atoms with Gasteiger partial charge in [0.15, 0.2) is 11.6 Å². The molecule has 0 saturated carbocycles. The molecule has 2 aromatic rings. The third kappa shape index (κ3) is 9.53. The van der Waals surface area contributed by atoms with Crippen LogP contribution in [0, 0.1) is 0 Å². The van der Waals surface area contributed by atoms with E-state index in [1.165, 1.54) is 38.5 Å². The van der Waals surface area contributed by atoms with Gasteiger partial charge in [0.2, 0.25) is 0 Å². The summed E-state index contributed by atoms with van der Waals surface area (Å²) >= 11 is 0. The van der Waals surface area contributed by atoms with Crippen molar-refractivity contribution in [2.75, 3.05) is 6.54 Å². The lowest BCUT2D eigenvalue weighted by atomic mass is 10.1. The normalized spacial score (nSPS) is 12.8. The second kappa shape index (κ2) is 14.3. The number of rotatable bonds is 10. The van der Waals surface area contributed by atoms with Crippen molar-refractivity contribution in [2.45, 2.75) is 71.5 Å². The molecule has 2 N–H and O–H groups in total. The predicted octanol–water partition coefficient (Wildman–Crippen LogP) is 4.41. The Morgan fingerprint density at radius 3 is 1.62 bits per heavy atom. The number of aromatic nitrogens is 4. The fourth-order valence-corrected chi connectivity index (χ4v) is 2.39. The average molecular weight is 360 g/mol. The van der Waals surface area contributed by atoms with Crippen molar-refractivity contribution in [3.63, 3.8) is 0 Å². The first-order chi connectivity index (χ1) is 12.7. The van der Waals surface area contributed by atoms with E-state index in [1.54, 1.807) is 36.9 Å². The SMILES string of the molecule is CC(OC(C)c1ncccn1)c1ncccn1.CCCCCCCCN. The molecule has 2 unspecified atom stereocenters. The molecule has 0 aromatic carbocycles. The van der Waals surface area contributed by atoms with E-state index in [0.29, 0.717) is 11.6 Å². The molecule has 2 aromatic heterocycles. The molecule has 0 aliphatic heterocycles. The van der Waals surface area contributed by atoms with Crippen molar-refractivity contribution >= 4 is 0 Å². The van der Waals surface area contributed by atoms with Gasteiger partial charge < -0.3 is 10.5 Å². The molecule has 26 heavy (non-hydrogen) atoms. The quantitative estimate of drug-likeness (QED) is 0.632. The number of ether oxygens (including phenoxy) is 1. The van der Waals surface area contributed by atoms with E-state index in [0.717, 1.165) is 6.54 Å². The van der Waals surface area contributed by atoms with Gasteiger partial charge in [-0.25, -0.2) is 19.9 Å². The molecule has 0 fully saturated rings. The summed E-state index contributed by atoms with van der Waals surface area (Å²) in [5, 5.41) is 0. The first-order valence-corrected chi connectivity index (χ1v) is 9.58. The second-order valence-corrected chi connectivity index (χ2v) is 6.19. The number of unbranched alkanes of at least 4 members (excludes halogenated alkanes) is 5. The van der Waals surface area contributed by atoms with Crippen LogP contribution in [0.3, 0.4) is 0 Å². The van der Waals surface area contributed by atoms with E-state index in [9.17, 15) is 0 Å². The van der Waals surface area contributed by atoms with Gasteiger partial charge in [0.1, 0.15) is 12.2 Å². The van der Waals surface area contributed by atoms with E-state index in [4.69, 9.17) is 10.5 Å². The van der Waals surface area contributed by atoms with Crippen molar-refractivity contribution in [1.29, 1.82) is 0 Å². The van der Waals surface area contributed by atoms with E-state index < -0.39 is 0 Å². The van der Waals surface area contributed by atoms with Gasteiger partial charge in [-0.15, -0.1) is 0 Å². The predicted molar refractivity (Wildman–Crippen MR) is 104 cm³/mol. The Kier molecular flexibility index (Phi) is 12.1. The molecule has 144 valence electrons. The Morgan fingerprint density at radius 1 is 0.769 bits per heavy atom. The maximum absolute atomic E-state index is 5.77. The molecule has 0 bridgehead atoms. The summed E-state index contributed by atoms with van der Waals surface area (Å²) < 4.78 is 5.77. The lowest BCUT2D eigenvalue weighted by molar-refractivity contribution is -0.00360. The van der Waals surface area contributed by atoms with Crippen molar-refractivity contribution in [3.8, 4) is 0 Å². The highest BCUT2D eigenvalue weighted by Crippen LogP contribution is 2.21. The van der Waals surface area contributed by atoms with Crippen molar-refractivity contribution < 1.29 is 4.74 Å². The number of hydrogen-bond donors (Lipinski definition) is 1. The summed E-state index contributed by atoms with van der Waals surface area (Å²) in [4.78, 5) is 16.6. The second-order valence-electron chi connectivity index (χ2n) is 6.19.